The van der Waals surface area contributed by atoms with Crippen LogP contribution in [0.2, 0.25) is 5.02 Å². The molecule has 7 heteroatoms. The van der Waals surface area contributed by atoms with Crippen molar-refractivity contribution in [3.63, 3.8) is 0 Å². The molecule has 1 amide bonds. The Morgan fingerprint density at radius 3 is 2.55 bits per heavy atom. The quantitative estimate of drug-likeness (QED) is 0.425. The number of ether oxygens (including phenoxy) is 1. The lowest BCUT2D eigenvalue weighted by atomic mass is 10.1. The molecule has 0 bridgehead atoms. The number of amides is 1. The van der Waals surface area contributed by atoms with Crippen LogP contribution in [-0.2, 0) is 6.54 Å². The van der Waals surface area contributed by atoms with Gasteiger partial charge in [0.1, 0.15) is 23.1 Å². The topological polar surface area (TPSA) is 56.1 Å². The highest BCUT2D eigenvalue weighted by Crippen LogP contribution is 2.30. The lowest BCUT2D eigenvalue weighted by Crippen LogP contribution is -2.17. The average Bonchev–Trinajstić information content (AvgIpc) is 3.16. The second-order valence-corrected chi connectivity index (χ2v) is 7.30. The molecule has 0 spiro atoms. The third kappa shape index (κ3) is 4.59. The first-order valence-corrected chi connectivity index (χ1v) is 9.93. The Morgan fingerprint density at radius 1 is 1.10 bits per heavy atom. The zero-order chi connectivity index (χ0) is 21.8. The minimum absolute atomic E-state index is 0.337. The Balaban J connectivity index is 1.74. The van der Waals surface area contributed by atoms with Crippen LogP contribution in [0, 0.1) is 5.82 Å². The van der Waals surface area contributed by atoms with Gasteiger partial charge in [-0.15, -0.1) is 0 Å². The molecule has 1 heterocycles. The molecule has 1 N–H and O–H groups in total. The summed E-state index contributed by atoms with van der Waals surface area (Å²) in [6, 6.07) is 20.6. The van der Waals surface area contributed by atoms with Crippen LogP contribution in [0.5, 0.6) is 5.75 Å². The van der Waals surface area contributed by atoms with Crippen LogP contribution in [0.1, 0.15) is 15.9 Å². The van der Waals surface area contributed by atoms with Crippen molar-refractivity contribution < 1.29 is 13.9 Å². The number of halogens is 2. The number of imidazole rings is 1. The summed E-state index contributed by atoms with van der Waals surface area (Å²) >= 11 is 6.02. The second-order valence-electron chi connectivity index (χ2n) is 6.86. The van der Waals surface area contributed by atoms with E-state index in [4.69, 9.17) is 16.3 Å². The van der Waals surface area contributed by atoms with Crippen molar-refractivity contribution in [1.29, 1.82) is 0 Å². The van der Waals surface area contributed by atoms with E-state index >= 15 is 0 Å². The minimum Gasteiger partial charge on any atom is -0.496 e. The highest BCUT2D eigenvalue weighted by Gasteiger charge is 2.19. The summed E-state index contributed by atoms with van der Waals surface area (Å²) in [5.41, 5.74) is 2.61. The SMILES string of the molecule is COc1cc(Cl)ccc1C(=O)Nc1c(-c2ccc(F)cc2)ncn1Cc1ccccc1. The van der Waals surface area contributed by atoms with Crippen LogP contribution in [0.4, 0.5) is 10.2 Å². The molecule has 0 aliphatic heterocycles. The van der Waals surface area contributed by atoms with Crippen LogP contribution in [-0.4, -0.2) is 22.6 Å². The highest BCUT2D eigenvalue weighted by molar-refractivity contribution is 6.31. The number of nitrogens with one attached hydrogen (secondary N) is 1. The van der Waals surface area contributed by atoms with Gasteiger partial charge in [0.15, 0.2) is 0 Å². The van der Waals surface area contributed by atoms with Crippen LogP contribution in [0.3, 0.4) is 0 Å². The zero-order valence-corrected chi connectivity index (χ0v) is 17.4. The number of aromatic nitrogens is 2. The van der Waals surface area contributed by atoms with Crippen LogP contribution in [0.25, 0.3) is 11.3 Å². The number of benzene rings is 3. The van der Waals surface area contributed by atoms with E-state index in [1.54, 1.807) is 36.7 Å². The van der Waals surface area contributed by atoms with Crippen molar-refractivity contribution in [1.82, 2.24) is 9.55 Å². The van der Waals surface area contributed by atoms with Crippen LogP contribution >= 0.6 is 11.6 Å². The number of hydrogen-bond acceptors (Lipinski definition) is 3. The normalized spacial score (nSPS) is 10.7. The number of nitrogens with zero attached hydrogens (tertiary/aromatic N) is 2. The van der Waals surface area contributed by atoms with Crippen molar-refractivity contribution in [2.75, 3.05) is 12.4 Å². The van der Waals surface area contributed by atoms with Gasteiger partial charge in [-0.1, -0.05) is 41.9 Å². The Hall–Kier alpha value is -3.64. The van der Waals surface area contributed by atoms with Gasteiger partial charge in [-0.3, -0.25) is 4.79 Å². The van der Waals surface area contributed by atoms with E-state index < -0.39 is 0 Å². The predicted molar refractivity (Wildman–Crippen MR) is 119 cm³/mol. The molecular weight excluding hydrogens is 417 g/mol. The van der Waals surface area contributed by atoms with Gasteiger partial charge in [0.25, 0.3) is 5.91 Å². The average molecular weight is 436 g/mol. The number of anilines is 1. The van der Waals surface area contributed by atoms with Gasteiger partial charge in [0.05, 0.1) is 25.5 Å². The smallest absolute Gasteiger partial charge is 0.260 e. The maximum Gasteiger partial charge on any atom is 0.260 e. The van der Waals surface area contributed by atoms with Gasteiger partial charge >= 0.3 is 0 Å². The molecular formula is C24H19ClFN3O2. The summed E-state index contributed by atoms with van der Waals surface area (Å²) in [6.07, 6.45) is 1.65. The number of methoxy groups -OCH3 is 1. The van der Waals surface area contributed by atoms with Crippen LogP contribution < -0.4 is 10.1 Å². The van der Waals surface area contributed by atoms with E-state index in [0.717, 1.165) is 5.56 Å². The molecule has 0 saturated carbocycles. The van der Waals surface area contributed by atoms with Gasteiger partial charge in [0, 0.05) is 10.6 Å². The summed E-state index contributed by atoms with van der Waals surface area (Å²) in [7, 11) is 1.48. The molecule has 0 radical (unpaired) electrons. The van der Waals surface area contributed by atoms with Gasteiger partial charge in [-0.25, -0.2) is 9.37 Å². The van der Waals surface area contributed by atoms with Gasteiger partial charge in [0.2, 0.25) is 0 Å². The number of hydrogen-bond donors (Lipinski definition) is 1. The van der Waals surface area contributed by atoms with Gasteiger partial charge in [-0.2, -0.15) is 0 Å². The molecule has 156 valence electrons. The maximum absolute atomic E-state index is 13.4. The molecule has 0 aliphatic carbocycles. The fourth-order valence-electron chi connectivity index (χ4n) is 3.26. The molecule has 0 unspecified atom stereocenters. The molecule has 5 nitrogen and oxygen atoms in total. The Bertz CT molecular complexity index is 1210. The summed E-state index contributed by atoms with van der Waals surface area (Å²) in [4.78, 5) is 17.6. The molecule has 31 heavy (non-hydrogen) atoms. The maximum atomic E-state index is 13.4. The van der Waals surface area contributed by atoms with E-state index in [2.05, 4.69) is 10.3 Å². The molecule has 0 fully saturated rings. The number of rotatable bonds is 6. The van der Waals surface area contributed by atoms with Crippen molar-refractivity contribution in [3.05, 3.63) is 101 Å². The van der Waals surface area contributed by atoms with Crippen molar-refractivity contribution in [2.45, 2.75) is 6.54 Å². The summed E-state index contributed by atoms with van der Waals surface area (Å²) in [5.74, 6) is 0.149. The Labute approximate surface area is 184 Å². The molecule has 1 aromatic heterocycles. The molecule has 3 aromatic carbocycles. The fraction of sp³-hybridized carbons (Fsp3) is 0.0833. The van der Waals surface area contributed by atoms with E-state index in [1.807, 2.05) is 34.9 Å². The largest absolute Gasteiger partial charge is 0.496 e. The molecule has 4 rings (SSSR count). The molecule has 4 aromatic rings. The fourth-order valence-corrected chi connectivity index (χ4v) is 3.42. The molecule has 0 atom stereocenters. The first-order valence-electron chi connectivity index (χ1n) is 9.55. The highest BCUT2D eigenvalue weighted by atomic mass is 35.5. The Morgan fingerprint density at radius 2 is 1.84 bits per heavy atom. The van der Waals surface area contributed by atoms with Crippen LogP contribution in [0.15, 0.2) is 79.1 Å². The van der Waals surface area contributed by atoms with Gasteiger partial charge < -0.3 is 14.6 Å². The zero-order valence-electron chi connectivity index (χ0n) is 16.7. The minimum atomic E-state index is -0.369. The van der Waals surface area contributed by atoms with Crippen molar-refractivity contribution in [2.24, 2.45) is 0 Å². The predicted octanol–water partition coefficient (Wildman–Crippen LogP) is 5.65. The number of carbonyl (C=O) groups excluding carboxylic acids is 1. The summed E-state index contributed by atoms with van der Waals surface area (Å²) in [5, 5.41) is 3.41. The number of carbonyl (C=O) groups is 1. The summed E-state index contributed by atoms with van der Waals surface area (Å²) in [6.45, 7) is 0.502. The molecule has 0 aliphatic rings. The van der Waals surface area contributed by atoms with E-state index in [1.165, 1.54) is 19.2 Å². The lowest BCUT2D eigenvalue weighted by molar-refractivity contribution is 0.102. The summed E-state index contributed by atoms with van der Waals surface area (Å²) < 4.78 is 20.6. The van der Waals surface area contributed by atoms with Crippen molar-refractivity contribution in [3.8, 4) is 17.0 Å². The van der Waals surface area contributed by atoms with E-state index in [9.17, 15) is 9.18 Å². The second kappa shape index (κ2) is 9.02. The standard InChI is InChI=1S/C24H19ClFN3O2/c1-31-21-13-18(25)9-12-20(21)24(30)28-23-22(17-7-10-19(26)11-8-17)27-15-29(23)14-16-5-3-2-4-6-16/h2-13,15H,14H2,1H3,(H,28,30). The third-order valence-electron chi connectivity index (χ3n) is 4.79. The monoisotopic (exact) mass is 435 g/mol. The van der Waals surface area contributed by atoms with Crippen molar-refractivity contribution >= 4 is 23.3 Å². The van der Waals surface area contributed by atoms with Gasteiger partial charge in [-0.05, 0) is 48.0 Å². The van der Waals surface area contributed by atoms with E-state index in [-0.39, 0.29) is 11.7 Å². The lowest BCUT2D eigenvalue weighted by Gasteiger charge is -2.14. The van der Waals surface area contributed by atoms with E-state index in [0.29, 0.717) is 40.0 Å². The third-order valence-corrected chi connectivity index (χ3v) is 5.03. The Kier molecular flexibility index (Phi) is 6.00. The molecule has 0 saturated heterocycles. The first-order chi connectivity index (χ1) is 15.0. The first kappa shape index (κ1) is 20.6.